The average molecular weight is 417 g/mol. The second-order valence-corrected chi connectivity index (χ2v) is 8.21. The Morgan fingerprint density at radius 2 is 1.73 bits per heavy atom. The molecule has 2 fully saturated rings. The standard InChI is InChI=1S/C24H26F3NO2/c25-20(15-28)3-1-2-16-4-6-18(7-5-16)24(29)30-21-11-8-17(9-12-21)19-10-13-22(26)23(27)14-19/h1-3,10,13-14,16-18,21H,4-9,11-12H2/t16-,17-,18-,21-. The molecule has 30 heavy (non-hydrogen) atoms. The Kier molecular flexibility index (Phi) is 7.73. The van der Waals surface area contributed by atoms with Crippen molar-refractivity contribution in [3.05, 3.63) is 59.5 Å². The van der Waals surface area contributed by atoms with Crippen LogP contribution in [0.15, 0.2) is 42.3 Å². The van der Waals surface area contributed by atoms with Gasteiger partial charge in [0.1, 0.15) is 12.2 Å². The summed E-state index contributed by atoms with van der Waals surface area (Å²) in [5.41, 5.74) is 0.801. The van der Waals surface area contributed by atoms with Gasteiger partial charge in [-0.3, -0.25) is 4.79 Å². The van der Waals surface area contributed by atoms with Crippen molar-refractivity contribution in [2.45, 2.75) is 63.4 Å². The Labute approximate surface area is 175 Å². The van der Waals surface area contributed by atoms with Crippen LogP contribution in [0, 0.1) is 34.8 Å². The van der Waals surface area contributed by atoms with Gasteiger partial charge in [0.2, 0.25) is 0 Å². The minimum atomic E-state index is -0.836. The lowest BCUT2D eigenvalue weighted by Gasteiger charge is -2.31. The molecular formula is C24H26F3NO2. The number of rotatable bonds is 5. The van der Waals surface area contributed by atoms with Crippen LogP contribution in [0.4, 0.5) is 13.2 Å². The lowest BCUT2D eigenvalue weighted by Crippen LogP contribution is -2.29. The maximum atomic E-state index is 13.5. The van der Waals surface area contributed by atoms with Gasteiger partial charge in [-0.15, -0.1) is 0 Å². The molecular weight excluding hydrogens is 391 g/mol. The minimum Gasteiger partial charge on any atom is -0.462 e. The maximum absolute atomic E-state index is 13.5. The molecule has 0 aromatic heterocycles. The van der Waals surface area contributed by atoms with Gasteiger partial charge in [0, 0.05) is 0 Å². The fraction of sp³-hybridized carbons (Fsp3) is 0.500. The number of nitriles is 1. The Bertz CT molecular complexity index is 842. The van der Waals surface area contributed by atoms with Crippen molar-refractivity contribution in [1.82, 2.24) is 0 Å². The third kappa shape index (κ3) is 5.98. The van der Waals surface area contributed by atoms with E-state index in [9.17, 15) is 18.0 Å². The van der Waals surface area contributed by atoms with Gasteiger partial charge in [-0.1, -0.05) is 18.2 Å². The van der Waals surface area contributed by atoms with E-state index in [1.54, 1.807) is 12.1 Å². The smallest absolute Gasteiger partial charge is 0.309 e. The third-order valence-corrected chi connectivity index (χ3v) is 6.21. The molecule has 0 atom stereocenters. The molecule has 0 amide bonds. The monoisotopic (exact) mass is 417 g/mol. The Morgan fingerprint density at radius 1 is 1.03 bits per heavy atom. The van der Waals surface area contributed by atoms with E-state index >= 15 is 0 Å². The van der Waals surface area contributed by atoms with E-state index < -0.39 is 17.5 Å². The number of ether oxygens (including phenoxy) is 1. The van der Waals surface area contributed by atoms with Crippen molar-refractivity contribution >= 4 is 5.97 Å². The van der Waals surface area contributed by atoms with Gasteiger partial charge in [-0.05, 0) is 87.0 Å². The molecule has 3 nitrogen and oxygen atoms in total. The van der Waals surface area contributed by atoms with E-state index in [0.717, 1.165) is 63.0 Å². The summed E-state index contributed by atoms with van der Waals surface area (Å²) in [6, 6.07) is 5.49. The SMILES string of the molecule is N#CC(F)=CC=C[C@H]1CC[C@H](C(=O)O[C@H]2CC[C@H](c3ccc(F)c(F)c3)CC2)CC1. The number of nitrogens with zero attached hydrogens (tertiary/aromatic N) is 1. The fourth-order valence-electron chi connectivity index (χ4n) is 4.42. The van der Waals surface area contributed by atoms with Crippen molar-refractivity contribution in [2.75, 3.05) is 0 Å². The van der Waals surface area contributed by atoms with Crippen LogP contribution in [0.25, 0.3) is 0 Å². The summed E-state index contributed by atoms with van der Waals surface area (Å²) in [5, 5.41) is 8.39. The molecule has 160 valence electrons. The second-order valence-electron chi connectivity index (χ2n) is 8.21. The summed E-state index contributed by atoms with van der Waals surface area (Å²) in [6.45, 7) is 0. The highest BCUT2D eigenvalue weighted by Crippen LogP contribution is 2.36. The summed E-state index contributed by atoms with van der Waals surface area (Å²) in [4.78, 5) is 12.5. The van der Waals surface area contributed by atoms with Crippen LogP contribution in [0.5, 0.6) is 0 Å². The van der Waals surface area contributed by atoms with Crippen LogP contribution in [0.2, 0.25) is 0 Å². The summed E-state index contributed by atoms with van der Waals surface area (Å²) in [5.74, 6) is -2.28. The summed E-state index contributed by atoms with van der Waals surface area (Å²) in [7, 11) is 0. The molecule has 1 aromatic rings. The zero-order chi connectivity index (χ0) is 21.5. The topological polar surface area (TPSA) is 50.1 Å². The minimum absolute atomic E-state index is 0.107. The van der Waals surface area contributed by atoms with Gasteiger partial charge in [0.15, 0.2) is 17.5 Å². The Hall–Kier alpha value is -2.55. The first-order valence-corrected chi connectivity index (χ1v) is 10.6. The molecule has 0 unspecified atom stereocenters. The molecule has 1 aromatic carbocycles. The predicted octanol–water partition coefficient (Wildman–Crippen LogP) is 6.27. The average Bonchev–Trinajstić information content (AvgIpc) is 2.76. The highest BCUT2D eigenvalue weighted by molar-refractivity contribution is 5.72. The van der Waals surface area contributed by atoms with Crippen molar-refractivity contribution in [2.24, 2.45) is 11.8 Å². The first-order chi connectivity index (χ1) is 14.5. The number of hydrogen-bond donors (Lipinski definition) is 0. The van der Waals surface area contributed by atoms with E-state index in [0.29, 0.717) is 0 Å². The molecule has 0 saturated heterocycles. The van der Waals surface area contributed by atoms with E-state index in [2.05, 4.69) is 0 Å². The van der Waals surface area contributed by atoms with Gasteiger partial charge in [-0.2, -0.15) is 9.65 Å². The van der Waals surface area contributed by atoms with Crippen molar-refractivity contribution in [1.29, 1.82) is 5.26 Å². The maximum Gasteiger partial charge on any atom is 0.309 e. The van der Waals surface area contributed by atoms with E-state index in [4.69, 9.17) is 10.00 Å². The first-order valence-electron chi connectivity index (χ1n) is 10.6. The highest BCUT2D eigenvalue weighted by Gasteiger charge is 2.30. The predicted molar refractivity (Wildman–Crippen MR) is 107 cm³/mol. The quantitative estimate of drug-likeness (QED) is 0.322. The highest BCUT2D eigenvalue weighted by atomic mass is 19.2. The number of carbonyl (C=O) groups is 1. The molecule has 0 spiro atoms. The van der Waals surface area contributed by atoms with Crippen molar-refractivity contribution in [3.63, 3.8) is 0 Å². The number of hydrogen-bond acceptors (Lipinski definition) is 3. The van der Waals surface area contributed by atoms with Crippen LogP contribution in [0.1, 0.15) is 62.8 Å². The Morgan fingerprint density at radius 3 is 2.37 bits per heavy atom. The molecule has 2 aliphatic carbocycles. The lowest BCUT2D eigenvalue weighted by molar-refractivity contribution is -0.157. The molecule has 0 radical (unpaired) electrons. The number of benzene rings is 1. The summed E-state index contributed by atoms with van der Waals surface area (Å²) in [6.07, 6.45) is 10.7. The van der Waals surface area contributed by atoms with E-state index in [1.165, 1.54) is 18.2 Å². The van der Waals surface area contributed by atoms with Crippen LogP contribution in [-0.2, 0) is 9.53 Å². The molecule has 0 heterocycles. The van der Waals surface area contributed by atoms with Gasteiger partial charge in [0.25, 0.3) is 0 Å². The van der Waals surface area contributed by atoms with Crippen LogP contribution in [0.3, 0.4) is 0 Å². The van der Waals surface area contributed by atoms with Crippen LogP contribution in [-0.4, -0.2) is 12.1 Å². The van der Waals surface area contributed by atoms with E-state index in [1.807, 2.05) is 6.08 Å². The van der Waals surface area contributed by atoms with Gasteiger partial charge >= 0.3 is 5.97 Å². The molecule has 0 N–H and O–H groups in total. The van der Waals surface area contributed by atoms with Crippen LogP contribution < -0.4 is 0 Å². The van der Waals surface area contributed by atoms with Crippen molar-refractivity contribution in [3.8, 4) is 6.07 Å². The number of halogens is 3. The number of carbonyl (C=O) groups excluding carboxylic acids is 1. The van der Waals surface area contributed by atoms with Crippen molar-refractivity contribution < 1.29 is 22.7 Å². The molecule has 3 rings (SSSR count). The Balaban J connectivity index is 1.41. The zero-order valence-corrected chi connectivity index (χ0v) is 16.8. The molecule has 6 heteroatoms. The molecule has 2 aliphatic rings. The first kappa shape index (κ1) is 22.1. The van der Waals surface area contributed by atoms with Gasteiger partial charge < -0.3 is 4.74 Å². The second kappa shape index (κ2) is 10.5. The number of esters is 1. The third-order valence-electron chi connectivity index (χ3n) is 6.21. The number of allylic oxidation sites excluding steroid dienone is 4. The molecule has 0 bridgehead atoms. The molecule has 0 aliphatic heterocycles. The van der Waals surface area contributed by atoms with Gasteiger partial charge in [-0.25, -0.2) is 8.78 Å². The normalized spacial score (nSPS) is 27.6. The lowest BCUT2D eigenvalue weighted by atomic mass is 9.81. The van der Waals surface area contributed by atoms with E-state index in [-0.39, 0.29) is 29.8 Å². The summed E-state index contributed by atoms with van der Waals surface area (Å²) >= 11 is 0. The fourth-order valence-corrected chi connectivity index (χ4v) is 4.42. The largest absolute Gasteiger partial charge is 0.462 e. The summed E-state index contributed by atoms with van der Waals surface area (Å²) < 4.78 is 45.1. The van der Waals surface area contributed by atoms with Gasteiger partial charge in [0.05, 0.1) is 5.92 Å². The van der Waals surface area contributed by atoms with Crippen LogP contribution >= 0.6 is 0 Å². The zero-order valence-electron chi connectivity index (χ0n) is 16.8. The molecule has 2 saturated carbocycles.